The van der Waals surface area contributed by atoms with E-state index in [1.54, 1.807) is 17.0 Å². The third-order valence-electron chi connectivity index (χ3n) is 7.47. The van der Waals surface area contributed by atoms with Gasteiger partial charge in [0.05, 0.1) is 6.61 Å². The van der Waals surface area contributed by atoms with Crippen molar-refractivity contribution >= 4 is 38.1 Å². The Hall–Kier alpha value is -2.76. The Bertz CT molecular complexity index is 1370. The van der Waals surface area contributed by atoms with E-state index >= 15 is 0 Å². The molecular weight excluding hydrogens is 481 g/mol. The molecule has 2 saturated carbocycles. The van der Waals surface area contributed by atoms with Gasteiger partial charge >= 0.3 is 0 Å². The number of hydrogen-bond acceptors (Lipinski definition) is 7. The maximum atomic E-state index is 13.8. The fraction of sp³-hybridized carbons (Fsp3) is 0.391. The van der Waals surface area contributed by atoms with E-state index < -0.39 is 22.5 Å². The van der Waals surface area contributed by atoms with Crippen LogP contribution in [0.25, 0.3) is 0 Å². The average molecular weight is 504 g/mol. The number of nitrogens with one attached hydrogen (secondary N) is 1. The number of aliphatic hydroxyl groups is 2. The number of sulfonamides is 1. The number of rotatable bonds is 4. The normalized spacial score (nSPS) is 29.1. The molecule has 2 bridgehead atoms. The molecule has 2 unspecified atom stereocenters. The predicted octanol–water partition coefficient (Wildman–Crippen LogP) is 3.16. The van der Waals surface area contributed by atoms with Crippen LogP contribution in [0.1, 0.15) is 30.4 Å². The van der Waals surface area contributed by atoms with Crippen LogP contribution in [0.4, 0.5) is 9.39 Å². The zero-order chi connectivity index (χ0) is 23.8. The number of halogens is 1. The first-order valence-corrected chi connectivity index (χ1v) is 13.4. The number of nitrogens with zero attached hydrogens (tertiary/aromatic N) is 2. The van der Waals surface area contributed by atoms with Gasteiger partial charge in [0.2, 0.25) is 0 Å². The van der Waals surface area contributed by atoms with Gasteiger partial charge in [0.1, 0.15) is 27.0 Å². The summed E-state index contributed by atoms with van der Waals surface area (Å²) in [7, 11) is -4.18. The number of fused-ring (bicyclic) bond motifs is 6. The summed E-state index contributed by atoms with van der Waals surface area (Å²) < 4.78 is 43.2. The minimum Gasteiger partial charge on any atom is -0.511 e. The molecule has 4 aliphatic rings. The van der Waals surface area contributed by atoms with Gasteiger partial charge in [-0.15, -0.1) is 15.7 Å². The van der Waals surface area contributed by atoms with Crippen LogP contribution in [0.2, 0.25) is 0 Å². The maximum Gasteiger partial charge on any atom is 0.287 e. The van der Waals surface area contributed by atoms with Gasteiger partial charge < -0.3 is 20.4 Å². The molecule has 11 heteroatoms. The smallest absolute Gasteiger partial charge is 0.287 e. The molecule has 2 fully saturated rings. The Morgan fingerprint density at radius 3 is 2.68 bits per heavy atom. The Morgan fingerprint density at radius 1 is 1.21 bits per heavy atom. The summed E-state index contributed by atoms with van der Waals surface area (Å²) in [5.41, 5.74) is 0.843. The summed E-state index contributed by atoms with van der Waals surface area (Å²) in [4.78, 5) is 15.4. The molecule has 2 aliphatic carbocycles. The van der Waals surface area contributed by atoms with E-state index in [4.69, 9.17) is 0 Å². The maximum absolute atomic E-state index is 13.8. The highest BCUT2D eigenvalue weighted by molar-refractivity contribution is 7.90. The van der Waals surface area contributed by atoms with E-state index in [1.807, 2.05) is 0 Å². The van der Waals surface area contributed by atoms with Gasteiger partial charge in [-0.3, -0.25) is 4.79 Å². The lowest BCUT2D eigenvalue weighted by molar-refractivity contribution is -0.134. The summed E-state index contributed by atoms with van der Waals surface area (Å²) in [6, 6.07) is 5.73. The van der Waals surface area contributed by atoms with Crippen molar-refractivity contribution in [2.75, 3.05) is 5.32 Å². The van der Waals surface area contributed by atoms with Gasteiger partial charge in [0.15, 0.2) is 5.84 Å². The molecule has 1 amide bonds. The average Bonchev–Trinajstić information content (AvgIpc) is 3.52. The fourth-order valence-electron chi connectivity index (χ4n) is 6.10. The van der Waals surface area contributed by atoms with Crippen LogP contribution in [0.15, 0.2) is 50.3 Å². The highest BCUT2D eigenvalue weighted by Gasteiger charge is 2.57. The van der Waals surface area contributed by atoms with Crippen molar-refractivity contribution in [3.05, 3.63) is 57.9 Å². The number of aliphatic hydroxyl groups excluding tert-OH is 2. The van der Waals surface area contributed by atoms with Crippen molar-refractivity contribution in [2.24, 2.45) is 22.2 Å². The molecule has 0 radical (unpaired) electrons. The van der Waals surface area contributed by atoms with Crippen LogP contribution in [0.3, 0.4) is 0 Å². The van der Waals surface area contributed by atoms with E-state index in [0.717, 1.165) is 36.2 Å². The van der Waals surface area contributed by atoms with E-state index in [-0.39, 0.29) is 68.8 Å². The molecule has 2 aromatic rings. The molecule has 3 N–H and O–H groups in total. The van der Waals surface area contributed by atoms with Crippen LogP contribution < -0.4 is 5.32 Å². The van der Waals surface area contributed by atoms with Crippen LogP contribution in [-0.2, 0) is 28.0 Å². The van der Waals surface area contributed by atoms with E-state index in [9.17, 15) is 27.8 Å². The number of thiophene rings is 1. The molecule has 8 nitrogen and oxygen atoms in total. The van der Waals surface area contributed by atoms with E-state index in [2.05, 4.69) is 9.71 Å². The standard InChI is InChI=1S/C23H22FN3O5S2/c24-15-5-1-11(2-6-15)8-27-18-13-4-3-12(7-13)16(18)19(29)17(23(27)30)21-25-22-20(34(31,32)26-21)14(9-28)10-33-22/h1-2,5-6,10,12-13,16,18,28-29H,3-4,7-9H2,(H,25,26)/t12-,13+,16?,18?/m1/s1. The quantitative estimate of drug-likeness (QED) is 0.590. The number of amidine groups is 1. The van der Waals surface area contributed by atoms with Gasteiger partial charge in [-0.2, -0.15) is 8.42 Å². The molecule has 1 aromatic carbocycles. The number of anilines is 1. The van der Waals surface area contributed by atoms with Crippen molar-refractivity contribution in [3.63, 3.8) is 0 Å². The second-order valence-corrected chi connectivity index (χ2v) is 11.7. The molecule has 1 aromatic heterocycles. The zero-order valence-electron chi connectivity index (χ0n) is 17.9. The number of benzene rings is 1. The number of hydrogen-bond donors (Lipinski definition) is 3. The van der Waals surface area contributed by atoms with Crippen molar-refractivity contribution < 1.29 is 27.8 Å². The second kappa shape index (κ2) is 7.62. The molecule has 3 heterocycles. The lowest BCUT2D eigenvalue weighted by Gasteiger charge is -2.44. The van der Waals surface area contributed by atoms with E-state index in [1.165, 1.54) is 17.5 Å². The third kappa shape index (κ3) is 3.14. The second-order valence-electron chi connectivity index (χ2n) is 9.29. The van der Waals surface area contributed by atoms with Crippen molar-refractivity contribution in [3.8, 4) is 0 Å². The highest BCUT2D eigenvalue weighted by atomic mass is 32.2. The molecule has 6 rings (SSSR count). The van der Waals surface area contributed by atoms with Crippen LogP contribution in [0, 0.1) is 23.6 Å². The number of carbonyl (C=O) groups is 1. The van der Waals surface area contributed by atoms with Crippen LogP contribution in [0.5, 0.6) is 0 Å². The summed E-state index contributed by atoms with van der Waals surface area (Å²) in [6.07, 6.45) is 2.81. The third-order valence-corrected chi connectivity index (χ3v) is 9.95. The van der Waals surface area contributed by atoms with Crippen LogP contribution >= 0.6 is 11.3 Å². The largest absolute Gasteiger partial charge is 0.511 e. The molecule has 4 atom stereocenters. The van der Waals surface area contributed by atoms with Gasteiger partial charge in [-0.05, 0) is 54.2 Å². The van der Waals surface area contributed by atoms with Gasteiger partial charge in [0, 0.05) is 24.1 Å². The van der Waals surface area contributed by atoms with Crippen molar-refractivity contribution in [2.45, 2.75) is 43.4 Å². The van der Waals surface area contributed by atoms with Gasteiger partial charge in [0.25, 0.3) is 15.9 Å². The Morgan fingerprint density at radius 2 is 1.94 bits per heavy atom. The monoisotopic (exact) mass is 503 g/mol. The van der Waals surface area contributed by atoms with Gasteiger partial charge in [-0.25, -0.2) is 4.39 Å². The molecule has 178 valence electrons. The zero-order valence-corrected chi connectivity index (χ0v) is 19.6. The molecule has 0 saturated heterocycles. The number of amides is 1. The molecular formula is C23H22FN3O5S2. The Kier molecular flexibility index (Phi) is 4.88. The van der Waals surface area contributed by atoms with Crippen LogP contribution in [-0.4, -0.2) is 41.3 Å². The minimum atomic E-state index is -4.18. The SMILES string of the molecule is O=C1C(C2=NS(=O)(=O)c3c(CO)csc3N2)=C(O)C2C([C@H]3CC[C@@H]2C3)N1Cc1ccc(F)cc1. The highest BCUT2D eigenvalue weighted by Crippen LogP contribution is 2.55. The molecule has 0 spiro atoms. The lowest BCUT2D eigenvalue weighted by atomic mass is 9.77. The lowest BCUT2D eigenvalue weighted by Crippen LogP contribution is -2.53. The fourth-order valence-corrected chi connectivity index (χ4v) is 8.69. The number of carbonyl (C=O) groups excluding carboxylic acids is 1. The van der Waals surface area contributed by atoms with E-state index in [0.29, 0.717) is 0 Å². The minimum absolute atomic E-state index is 0.104. The first-order chi connectivity index (χ1) is 16.3. The molecule has 2 aliphatic heterocycles. The Labute approximate surface area is 199 Å². The molecule has 34 heavy (non-hydrogen) atoms. The first-order valence-electron chi connectivity index (χ1n) is 11.1. The van der Waals surface area contributed by atoms with Gasteiger partial charge in [-0.1, -0.05) is 12.1 Å². The summed E-state index contributed by atoms with van der Waals surface area (Å²) in [5, 5.41) is 25.5. The topological polar surface area (TPSA) is 119 Å². The Balaban J connectivity index is 1.44. The summed E-state index contributed by atoms with van der Waals surface area (Å²) >= 11 is 1.09. The first kappa shape index (κ1) is 21.8. The van der Waals surface area contributed by atoms with Crippen molar-refractivity contribution in [1.82, 2.24) is 4.90 Å². The predicted molar refractivity (Wildman–Crippen MR) is 123 cm³/mol. The summed E-state index contributed by atoms with van der Waals surface area (Å²) in [5.74, 6) is -1.02. The van der Waals surface area contributed by atoms with Crippen molar-refractivity contribution in [1.29, 1.82) is 0 Å². The summed E-state index contributed by atoms with van der Waals surface area (Å²) in [6.45, 7) is -0.234.